The molecule has 2 aliphatic rings. The fourth-order valence-electron chi connectivity index (χ4n) is 2.96. The molecular weight excluding hydrogens is 294 g/mol. The number of benzene rings is 1. The summed E-state index contributed by atoms with van der Waals surface area (Å²) in [6.07, 6.45) is 0. The van der Waals surface area contributed by atoms with Crippen LogP contribution in [0.2, 0.25) is 5.02 Å². The zero-order chi connectivity index (χ0) is 15.0. The number of nitrogens with zero attached hydrogens (tertiary/aromatic N) is 2. The molecule has 2 heterocycles. The minimum atomic E-state index is 0.0203. The van der Waals surface area contributed by atoms with Crippen molar-refractivity contribution in [2.24, 2.45) is 0 Å². The van der Waals surface area contributed by atoms with Crippen LogP contribution in [0.1, 0.15) is 5.56 Å². The lowest BCUT2D eigenvalue weighted by molar-refractivity contribution is 0.116. The Morgan fingerprint density at radius 3 is 3.05 bits per heavy atom. The van der Waals surface area contributed by atoms with Gasteiger partial charge in [0.25, 0.3) is 0 Å². The fraction of sp³-hybridized carbons (Fsp3) is 0.500. The number of carbonyl (C=O) groups is 1. The average Bonchev–Trinajstić information content (AvgIpc) is 2.83. The number of halogens is 1. The number of ether oxygens (including phenoxy) is 1. The first-order chi connectivity index (χ1) is 10.1. The van der Waals surface area contributed by atoms with E-state index in [1.54, 1.807) is 12.1 Å². The number of phenolic OH excluding ortho intramolecular Hbond substituents is 1. The number of aromatic hydroxyl groups is 1. The van der Waals surface area contributed by atoms with Crippen LogP contribution < -0.4 is 10.1 Å². The molecule has 1 unspecified atom stereocenters. The lowest BCUT2D eigenvalue weighted by atomic mass is 10.1. The molecule has 2 N–H and O–H groups in total. The van der Waals surface area contributed by atoms with E-state index in [2.05, 4.69) is 10.2 Å². The number of urea groups is 1. The smallest absolute Gasteiger partial charge is 0.317 e. The molecule has 2 amide bonds. The summed E-state index contributed by atoms with van der Waals surface area (Å²) in [7, 11) is 1.50. The summed E-state index contributed by atoms with van der Waals surface area (Å²) in [5.41, 5.74) is 0.741. The molecular formula is C14H18ClN3O3. The molecule has 2 fully saturated rings. The van der Waals surface area contributed by atoms with Crippen LogP contribution in [0.4, 0.5) is 4.79 Å². The topological polar surface area (TPSA) is 65.0 Å². The first-order valence-corrected chi connectivity index (χ1v) is 7.28. The van der Waals surface area contributed by atoms with Gasteiger partial charge in [-0.05, 0) is 6.07 Å². The van der Waals surface area contributed by atoms with E-state index in [-0.39, 0.29) is 17.8 Å². The number of phenols is 1. The van der Waals surface area contributed by atoms with Crippen LogP contribution in [-0.2, 0) is 6.54 Å². The molecule has 21 heavy (non-hydrogen) atoms. The van der Waals surface area contributed by atoms with E-state index >= 15 is 0 Å². The number of piperazine rings is 1. The summed E-state index contributed by atoms with van der Waals surface area (Å²) in [6.45, 7) is 3.53. The summed E-state index contributed by atoms with van der Waals surface area (Å²) < 4.78 is 5.12. The molecule has 1 atom stereocenters. The number of nitrogens with one attached hydrogen (secondary N) is 1. The third-order valence-corrected chi connectivity index (χ3v) is 4.27. The van der Waals surface area contributed by atoms with Crippen LogP contribution >= 0.6 is 11.6 Å². The van der Waals surface area contributed by atoms with Gasteiger partial charge in [0.1, 0.15) is 0 Å². The van der Waals surface area contributed by atoms with Crippen LogP contribution in [0.15, 0.2) is 12.1 Å². The largest absolute Gasteiger partial charge is 0.504 e. The lowest BCUT2D eigenvalue weighted by Crippen LogP contribution is -2.51. The van der Waals surface area contributed by atoms with Crippen molar-refractivity contribution in [2.75, 3.05) is 33.3 Å². The standard InChI is InChI=1S/C14H18ClN3O3/c1-21-12-5-10(15)4-9(13(12)19)7-17-2-3-18-11(8-17)6-16-14(18)20/h4-5,11,19H,2-3,6-8H2,1H3,(H,16,20). The van der Waals surface area contributed by atoms with E-state index in [9.17, 15) is 9.90 Å². The summed E-state index contributed by atoms with van der Waals surface area (Å²) in [4.78, 5) is 15.7. The Labute approximate surface area is 128 Å². The first-order valence-electron chi connectivity index (χ1n) is 6.90. The van der Waals surface area contributed by atoms with Gasteiger partial charge in [-0.3, -0.25) is 4.90 Å². The summed E-state index contributed by atoms with van der Waals surface area (Å²) >= 11 is 6.05. The molecule has 0 saturated carbocycles. The number of carbonyl (C=O) groups excluding carboxylic acids is 1. The molecule has 7 heteroatoms. The number of fused-ring (bicyclic) bond motifs is 1. The SMILES string of the molecule is COc1cc(Cl)cc(CN2CCN3C(=O)NCC3C2)c1O. The molecule has 3 rings (SSSR count). The molecule has 1 aromatic carbocycles. The summed E-state index contributed by atoms with van der Waals surface area (Å²) in [6, 6.07) is 3.57. The highest BCUT2D eigenvalue weighted by atomic mass is 35.5. The molecule has 2 aliphatic heterocycles. The van der Waals surface area contributed by atoms with Crippen molar-refractivity contribution in [3.05, 3.63) is 22.7 Å². The third kappa shape index (κ3) is 2.73. The zero-order valence-corrected chi connectivity index (χ0v) is 12.6. The average molecular weight is 312 g/mol. The maximum Gasteiger partial charge on any atom is 0.317 e. The number of hydrogen-bond donors (Lipinski definition) is 2. The highest BCUT2D eigenvalue weighted by Crippen LogP contribution is 2.34. The van der Waals surface area contributed by atoms with Gasteiger partial charge in [0, 0.05) is 49.4 Å². The highest BCUT2D eigenvalue weighted by Gasteiger charge is 2.35. The van der Waals surface area contributed by atoms with E-state index in [0.29, 0.717) is 30.4 Å². The molecule has 0 bridgehead atoms. The summed E-state index contributed by atoms with van der Waals surface area (Å²) in [5.74, 6) is 0.513. The maximum atomic E-state index is 11.6. The number of rotatable bonds is 3. The molecule has 2 saturated heterocycles. The van der Waals surface area contributed by atoms with Crippen LogP contribution in [0.25, 0.3) is 0 Å². The van der Waals surface area contributed by atoms with Crippen molar-refractivity contribution in [2.45, 2.75) is 12.6 Å². The van der Waals surface area contributed by atoms with Gasteiger partial charge in [0.05, 0.1) is 13.2 Å². The lowest BCUT2D eigenvalue weighted by Gasteiger charge is -2.36. The van der Waals surface area contributed by atoms with Crippen molar-refractivity contribution < 1.29 is 14.6 Å². The van der Waals surface area contributed by atoms with Crippen LogP contribution in [-0.4, -0.2) is 60.3 Å². The second-order valence-corrected chi connectivity index (χ2v) is 5.82. The monoisotopic (exact) mass is 311 g/mol. The first kappa shape index (κ1) is 14.3. The zero-order valence-electron chi connectivity index (χ0n) is 11.8. The Balaban J connectivity index is 1.73. The Kier molecular flexibility index (Phi) is 3.82. The predicted molar refractivity (Wildman–Crippen MR) is 78.8 cm³/mol. The van der Waals surface area contributed by atoms with Crippen LogP contribution in [0.5, 0.6) is 11.5 Å². The van der Waals surface area contributed by atoms with Crippen molar-refractivity contribution in [1.82, 2.24) is 15.1 Å². The van der Waals surface area contributed by atoms with Gasteiger partial charge in [0.2, 0.25) is 0 Å². The predicted octanol–water partition coefficient (Wildman–Crippen LogP) is 1.26. The second-order valence-electron chi connectivity index (χ2n) is 5.38. The second kappa shape index (κ2) is 5.61. The van der Waals surface area contributed by atoms with Gasteiger partial charge < -0.3 is 20.1 Å². The third-order valence-electron chi connectivity index (χ3n) is 4.05. The molecule has 0 spiro atoms. The Morgan fingerprint density at radius 2 is 2.29 bits per heavy atom. The molecule has 6 nitrogen and oxygen atoms in total. The van der Waals surface area contributed by atoms with Gasteiger partial charge >= 0.3 is 6.03 Å². The molecule has 0 radical (unpaired) electrons. The quantitative estimate of drug-likeness (QED) is 0.882. The number of methoxy groups -OCH3 is 1. The Morgan fingerprint density at radius 1 is 1.48 bits per heavy atom. The van der Waals surface area contributed by atoms with E-state index < -0.39 is 0 Å². The normalized spacial score (nSPS) is 22.1. The van der Waals surface area contributed by atoms with Gasteiger partial charge in [-0.2, -0.15) is 0 Å². The molecule has 1 aromatic rings. The molecule has 0 aromatic heterocycles. The van der Waals surface area contributed by atoms with Gasteiger partial charge in [-0.15, -0.1) is 0 Å². The van der Waals surface area contributed by atoms with Crippen molar-refractivity contribution >= 4 is 17.6 Å². The van der Waals surface area contributed by atoms with E-state index in [0.717, 1.165) is 18.7 Å². The minimum absolute atomic E-state index is 0.0203. The van der Waals surface area contributed by atoms with Crippen molar-refractivity contribution in [3.8, 4) is 11.5 Å². The molecule has 0 aliphatic carbocycles. The highest BCUT2D eigenvalue weighted by molar-refractivity contribution is 6.30. The number of hydrogen-bond acceptors (Lipinski definition) is 4. The van der Waals surface area contributed by atoms with E-state index in [4.69, 9.17) is 16.3 Å². The van der Waals surface area contributed by atoms with Gasteiger partial charge in [-0.25, -0.2) is 4.79 Å². The van der Waals surface area contributed by atoms with Crippen LogP contribution in [0, 0.1) is 0 Å². The van der Waals surface area contributed by atoms with E-state index in [1.807, 2.05) is 4.90 Å². The van der Waals surface area contributed by atoms with Crippen LogP contribution in [0.3, 0.4) is 0 Å². The maximum absolute atomic E-state index is 11.6. The van der Waals surface area contributed by atoms with Crippen molar-refractivity contribution in [3.63, 3.8) is 0 Å². The van der Waals surface area contributed by atoms with E-state index in [1.165, 1.54) is 7.11 Å². The summed E-state index contributed by atoms with van der Waals surface area (Å²) in [5, 5.41) is 13.6. The van der Waals surface area contributed by atoms with Gasteiger partial charge in [0.15, 0.2) is 11.5 Å². The Bertz CT molecular complexity index is 567. The fourth-order valence-corrected chi connectivity index (χ4v) is 3.19. The number of amides is 2. The molecule has 114 valence electrons. The Hall–Kier alpha value is -1.66. The van der Waals surface area contributed by atoms with Gasteiger partial charge in [-0.1, -0.05) is 11.6 Å². The van der Waals surface area contributed by atoms with Crippen molar-refractivity contribution in [1.29, 1.82) is 0 Å². The minimum Gasteiger partial charge on any atom is -0.504 e.